The third-order valence-corrected chi connectivity index (χ3v) is 7.18. The number of halogens is 4. The average molecular weight is 495 g/mol. The molecule has 1 aliphatic heterocycles. The first-order valence-corrected chi connectivity index (χ1v) is 12.3. The largest absolute Gasteiger partial charge is 0.484 e. The first-order chi connectivity index (χ1) is 16.4. The molecule has 2 aliphatic rings. The van der Waals surface area contributed by atoms with Crippen LogP contribution < -0.4 is 10.1 Å². The summed E-state index contributed by atoms with van der Waals surface area (Å²) in [6, 6.07) is 8.42. The van der Waals surface area contributed by atoms with Crippen molar-refractivity contribution in [3.63, 3.8) is 0 Å². The molecule has 0 spiro atoms. The number of benzene rings is 2. The van der Waals surface area contributed by atoms with Gasteiger partial charge in [-0.3, -0.25) is 4.79 Å². The predicted octanol–water partition coefficient (Wildman–Crippen LogP) is 5.98. The fourth-order valence-corrected chi connectivity index (χ4v) is 5.02. The molecule has 1 aliphatic carbocycles. The van der Waals surface area contributed by atoms with Crippen LogP contribution in [0, 0.1) is 23.4 Å². The van der Waals surface area contributed by atoms with E-state index in [1.807, 2.05) is 0 Å². The fourth-order valence-electron chi connectivity index (χ4n) is 4.89. The molecule has 2 fully saturated rings. The van der Waals surface area contributed by atoms with E-state index in [2.05, 4.69) is 10.2 Å². The van der Waals surface area contributed by atoms with Gasteiger partial charge in [-0.2, -0.15) is 0 Å². The molecule has 1 saturated carbocycles. The summed E-state index contributed by atoms with van der Waals surface area (Å²) in [5, 5.41) is 3.75. The Morgan fingerprint density at radius 3 is 2.21 bits per heavy atom. The minimum atomic E-state index is -1.00. The highest BCUT2D eigenvalue weighted by Crippen LogP contribution is 2.29. The van der Waals surface area contributed by atoms with Crippen molar-refractivity contribution in [2.75, 3.05) is 19.6 Å². The molecule has 2 aromatic carbocycles. The van der Waals surface area contributed by atoms with Gasteiger partial charge in [0.2, 0.25) is 0 Å². The second kappa shape index (κ2) is 11.5. The van der Waals surface area contributed by atoms with Gasteiger partial charge in [-0.05, 0) is 81.7 Å². The van der Waals surface area contributed by atoms with Gasteiger partial charge in [0.1, 0.15) is 11.9 Å². The molecule has 4 rings (SSSR count). The summed E-state index contributed by atoms with van der Waals surface area (Å²) in [5.41, 5.74) is 0.629. The number of hydrogen-bond acceptors (Lipinski definition) is 3. The Kier molecular flexibility index (Phi) is 8.37. The topological polar surface area (TPSA) is 41.6 Å². The zero-order valence-corrected chi connectivity index (χ0v) is 19.8. The molecule has 0 bridgehead atoms. The van der Waals surface area contributed by atoms with E-state index >= 15 is 0 Å². The van der Waals surface area contributed by atoms with Crippen LogP contribution in [0.1, 0.15) is 55.3 Å². The number of hydrogen-bond donors (Lipinski definition) is 1. The van der Waals surface area contributed by atoms with Gasteiger partial charge < -0.3 is 15.0 Å². The van der Waals surface area contributed by atoms with E-state index < -0.39 is 23.2 Å². The van der Waals surface area contributed by atoms with Gasteiger partial charge in [-0.25, -0.2) is 13.2 Å². The SMILES string of the molecule is O=C(N[C@H]1CC[C@H](CCN2CCC(Oc3c(F)cc(F)cc3F)CC2)CC1)c1ccc(Cl)cc1. The minimum absolute atomic E-state index is 0.0504. The lowest BCUT2D eigenvalue weighted by molar-refractivity contribution is 0.0866. The van der Waals surface area contributed by atoms with E-state index in [1.165, 1.54) is 0 Å². The molecule has 0 radical (unpaired) electrons. The summed E-state index contributed by atoms with van der Waals surface area (Å²) in [6.07, 6.45) is 6.33. The molecular weight excluding hydrogens is 465 g/mol. The van der Waals surface area contributed by atoms with E-state index in [1.54, 1.807) is 24.3 Å². The predicted molar refractivity (Wildman–Crippen MR) is 126 cm³/mol. The number of rotatable bonds is 7. The lowest BCUT2D eigenvalue weighted by atomic mass is 9.84. The highest BCUT2D eigenvalue weighted by Gasteiger charge is 2.26. The van der Waals surface area contributed by atoms with Crippen molar-refractivity contribution < 1.29 is 22.7 Å². The molecule has 4 nitrogen and oxygen atoms in total. The quantitative estimate of drug-likeness (QED) is 0.515. The van der Waals surface area contributed by atoms with E-state index in [0.717, 1.165) is 51.7 Å². The first-order valence-electron chi connectivity index (χ1n) is 12.0. The lowest BCUT2D eigenvalue weighted by Gasteiger charge is -2.34. The van der Waals surface area contributed by atoms with Crippen molar-refractivity contribution >= 4 is 17.5 Å². The molecule has 34 heavy (non-hydrogen) atoms. The Morgan fingerprint density at radius 1 is 0.971 bits per heavy atom. The summed E-state index contributed by atoms with van der Waals surface area (Å²) >= 11 is 5.89. The van der Waals surface area contributed by atoms with Crippen molar-refractivity contribution in [2.45, 2.75) is 57.1 Å². The summed E-state index contributed by atoms with van der Waals surface area (Å²) in [5.74, 6) is -2.85. The van der Waals surface area contributed by atoms with E-state index in [-0.39, 0.29) is 18.1 Å². The second-order valence-electron chi connectivity index (χ2n) is 9.34. The zero-order chi connectivity index (χ0) is 24.1. The molecule has 8 heteroatoms. The molecule has 1 N–H and O–H groups in total. The van der Waals surface area contributed by atoms with Crippen LogP contribution in [0.5, 0.6) is 5.75 Å². The summed E-state index contributed by atoms with van der Waals surface area (Å²) in [6.45, 7) is 2.60. The third kappa shape index (κ3) is 6.66. The maximum atomic E-state index is 13.8. The van der Waals surface area contributed by atoms with E-state index in [4.69, 9.17) is 16.3 Å². The fraction of sp³-hybridized carbons (Fsp3) is 0.500. The second-order valence-corrected chi connectivity index (χ2v) is 9.78. The number of nitrogens with one attached hydrogen (secondary N) is 1. The highest BCUT2D eigenvalue weighted by molar-refractivity contribution is 6.30. The van der Waals surface area contributed by atoms with Crippen molar-refractivity contribution in [1.82, 2.24) is 10.2 Å². The van der Waals surface area contributed by atoms with Crippen LogP contribution in [0.15, 0.2) is 36.4 Å². The van der Waals surface area contributed by atoms with Crippen LogP contribution in [0.2, 0.25) is 5.02 Å². The molecule has 0 atom stereocenters. The number of carbonyl (C=O) groups excluding carboxylic acids is 1. The number of ether oxygens (including phenoxy) is 1. The van der Waals surface area contributed by atoms with Crippen molar-refractivity contribution in [3.05, 3.63) is 64.4 Å². The van der Waals surface area contributed by atoms with E-state index in [9.17, 15) is 18.0 Å². The van der Waals surface area contributed by atoms with Crippen molar-refractivity contribution in [2.24, 2.45) is 5.92 Å². The Balaban J connectivity index is 1.14. The summed E-state index contributed by atoms with van der Waals surface area (Å²) in [7, 11) is 0. The van der Waals surface area contributed by atoms with Crippen molar-refractivity contribution in [1.29, 1.82) is 0 Å². The third-order valence-electron chi connectivity index (χ3n) is 6.92. The highest BCUT2D eigenvalue weighted by atomic mass is 35.5. The minimum Gasteiger partial charge on any atom is -0.484 e. The number of nitrogens with zero attached hydrogens (tertiary/aromatic N) is 1. The van der Waals surface area contributed by atoms with Crippen LogP contribution in [0.3, 0.4) is 0 Å². The van der Waals surface area contributed by atoms with Gasteiger partial charge in [0.15, 0.2) is 17.4 Å². The Morgan fingerprint density at radius 2 is 1.59 bits per heavy atom. The Bertz CT molecular complexity index is 950. The van der Waals surface area contributed by atoms with Gasteiger partial charge >= 0.3 is 0 Å². The van der Waals surface area contributed by atoms with Gasteiger partial charge in [0.05, 0.1) is 0 Å². The maximum absolute atomic E-state index is 13.8. The lowest BCUT2D eigenvalue weighted by Crippen LogP contribution is -2.40. The molecule has 184 valence electrons. The summed E-state index contributed by atoms with van der Waals surface area (Å²) in [4.78, 5) is 14.8. The average Bonchev–Trinajstić information content (AvgIpc) is 2.82. The number of likely N-dealkylation sites (tertiary alicyclic amines) is 1. The van der Waals surface area contributed by atoms with Gasteiger partial charge in [-0.1, -0.05) is 11.6 Å². The first kappa shape index (κ1) is 24.9. The molecule has 1 saturated heterocycles. The molecule has 2 aromatic rings. The smallest absolute Gasteiger partial charge is 0.251 e. The van der Waals surface area contributed by atoms with Crippen molar-refractivity contribution in [3.8, 4) is 5.75 Å². The van der Waals surface area contributed by atoms with Gasteiger partial charge in [0, 0.05) is 41.9 Å². The zero-order valence-electron chi connectivity index (χ0n) is 19.0. The number of carbonyl (C=O) groups is 1. The van der Waals surface area contributed by atoms with Gasteiger partial charge in [0.25, 0.3) is 5.91 Å². The molecular formula is C26H30ClF3N2O2. The molecule has 1 heterocycles. The summed E-state index contributed by atoms with van der Waals surface area (Å²) < 4.78 is 46.2. The van der Waals surface area contributed by atoms with E-state index in [0.29, 0.717) is 41.5 Å². The van der Waals surface area contributed by atoms with Crippen LogP contribution in [-0.2, 0) is 0 Å². The van der Waals surface area contributed by atoms with Crippen LogP contribution in [0.4, 0.5) is 13.2 Å². The Labute approximate surface area is 203 Å². The van der Waals surface area contributed by atoms with Gasteiger partial charge in [-0.15, -0.1) is 0 Å². The molecule has 0 aromatic heterocycles. The standard InChI is InChI=1S/C26H30ClF3N2O2/c27-19-5-3-18(4-6-19)26(33)31-21-7-1-17(2-8-21)9-12-32-13-10-22(11-14-32)34-25-23(29)15-20(28)16-24(25)30/h3-6,15-17,21-22H,1-2,7-14H2,(H,31,33)/t17-,21-. The molecule has 1 amide bonds. The maximum Gasteiger partial charge on any atom is 0.251 e. The molecule has 0 unspecified atom stereocenters. The number of amides is 1. The monoisotopic (exact) mass is 494 g/mol. The van der Waals surface area contributed by atoms with Crippen LogP contribution in [0.25, 0.3) is 0 Å². The van der Waals surface area contributed by atoms with Crippen LogP contribution in [-0.4, -0.2) is 42.6 Å². The normalized spacial score (nSPS) is 21.9. The van der Waals surface area contributed by atoms with Crippen LogP contribution >= 0.6 is 11.6 Å². The Hall–Kier alpha value is -2.25. The number of piperidine rings is 1.